The van der Waals surface area contributed by atoms with E-state index >= 15 is 0 Å². The lowest BCUT2D eigenvalue weighted by atomic mass is 10.0. The molecule has 70 valence electrons. The zero-order valence-electron chi connectivity index (χ0n) is 8.14. The van der Waals surface area contributed by atoms with Gasteiger partial charge in [-0.25, -0.2) is 0 Å². The van der Waals surface area contributed by atoms with Crippen molar-refractivity contribution < 1.29 is 4.79 Å². The predicted molar refractivity (Wildman–Crippen MR) is 54.0 cm³/mol. The van der Waals surface area contributed by atoms with Crippen LogP contribution in [0.15, 0.2) is 12.1 Å². The molecule has 3 N–H and O–H groups in total. The number of hydrogen-bond acceptors (Lipinski definition) is 2. The number of aryl methyl sites for hydroxylation is 1. The highest BCUT2D eigenvalue weighted by atomic mass is 16.1. The summed E-state index contributed by atoms with van der Waals surface area (Å²) in [4.78, 5) is 11.0. The third-order valence-corrected chi connectivity index (χ3v) is 2.25. The first kappa shape index (κ1) is 9.58. The summed E-state index contributed by atoms with van der Waals surface area (Å²) in [6.07, 6.45) is 0. The largest absolute Gasteiger partial charge is 0.387 e. The van der Waals surface area contributed by atoms with E-state index in [1.165, 1.54) is 0 Å². The number of primary amides is 1. The molecule has 0 atom stereocenters. The van der Waals surface area contributed by atoms with Crippen LogP contribution in [0.5, 0.6) is 0 Å². The second-order valence-electron chi connectivity index (χ2n) is 3.04. The molecule has 0 saturated heterocycles. The van der Waals surface area contributed by atoms with Crippen molar-refractivity contribution in [1.29, 1.82) is 0 Å². The first-order valence-electron chi connectivity index (χ1n) is 4.15. The minimum atomic E-state index is -0.396. The minimum absolute atomic E-state index is 0.396. The Morgan fingerprint density at radius 2 is 2.00 bits per heavy atom. The zero-order chi connectivity index (χ0) is 10.0. The Kier molecular flexibility index (Phi) is 2.56. The van der Waals surface area contributed by atoms with Crippen molar-refractivity contribution in [2.45, 2.75) is 13.8 Å². The van der Waals surface area contributed by atoms with Crippen LogP contribution < -0.4 is 11.1 Å². The topological polar surface area (TPSA) is 55.1 Å². The maximum atomic E-state index is 11.0. The van der Waals surface area contributed by atoms with E-state index in [1.807, 2.05) is 19.9 Å². The van der Waals surface area contributed by atoms with Crippen LogP contribution in [-0.4, -0.2) is 13.0 Å². The summed E-state index contributed by atoms with van der Waals surface area (Å²) in [7, 11) is 1.79. The highest BCUT2D eigenvalue weighted by molar-refractivity contribution is 5.99. The number of anilines is 1. The van der Waals surface area contributed by atoms with E-state index in [0.717, 1.165) is 16.8 Å². The van der Waals surface area contributed by atoms with Gasteiger partial charge in [0, 0.05) is 12.7 Å². The van der Waals surface area contributed by atoms with Crippen molar-refractivity contribution in [2.24, 2.45) is 5.73 Å². The van der Waals surface area contributed by atoms with Gasteiger partial charge in [0.25, 0.3) is 5.91 Å². The Labute approximate surface area is 77.9 Å². The second kappa shape index (κ2) is 3.47. The number of nitrogens with two attached hydrogens (primary N) is 1. The third-order valence-electron chi connectivity index (χ3n) is 2.25. The summed E-state index contributed by atoms with van der Waals surface area (Å²) in [5.74, 6) is -0.396. The molecule has 13 heavy (non-hydrogen) atoms. The quantitative estimate of drug-likeness (QED) is 0.720. The van der Waals surface area contributed by atoms with E-state index in [-0.39, 0.29) is 0 Å². The molecule has 0 radical (unpaired) electrons. The highest BCUT2D eigenvalue weighted by Crippen LogP contribution is 2.22. The molecule has 0 unspecified atom stereocenters. The highest BCUT2D eigenvalue weighted by Gasteiger charge is 2.10. The van der Waals surface area contributed by atoms with Crippen LogP contribution in [-0.2, 0) is 0 Å². The lowest BCUT2D eigenvalue weighted by Crippen LogP contribution is -2.14. The van der Waals surface area contributed by atoms with Crippen molar-refractivity contribution in [3.05, 3.63) is 28.8 Å². The van der Waals surface area contributed by atoms with E-state index in [1.54, 1.807) is 13.1 Å². The summed E-state index contributed by atoms with van der Waals surface area (Å²) < 4.78 is 0. The average Bonchev–Trinajstić information content (AvgIpc) is 2.09. The molecule has 1 aromatic carbocycles. The van der Waals surface area contributed by atoms with Crippen LogP contribution in [0.3, 0.4) is 0 Å². The van der Waals surface area contributed by atoms with Crippen LogP contribution in [0.1, 0.15) is 21.5 Å². The molecule has 1 rings (SSSR count). The zero-order valence-corrected chi connectivity index (χ0v) is 8.14. The third kappa shape index (κ3) is 1.64. The molecule has 0 aliphatic heterocycles. The van der Waals surface area contributed by atoms with Crippen molar-refractivity contribution in [2.75, 3.05) is 12.4 Å². The fraction of sp³-hybridized carbons (Fsp3) is 0.300. The number of carbonyl (C=O) groups excluding carboxylic acids is 1. The van der Waals surface area contributed by atoms with Crippen LogP contribution >= 0.6 is 0 Å². The van der Waals surface area contributed by atoms with Crippen molar-refractivity contribution in [3.8, 4) is 0 Å². The summed E-state index contributed by atoms with van der Waals surface area (Å²) in [6, 6.07) is 3.65. The van der Waals surface area contributed by atoms with Crippen molar-refractivity contribution >= 4 is 11.6 Å². The van der Waals surface area contributed by atoms with E-state index in [2.05, 4.69) is 5.32 Å². The molecular formula is C10H14N2O. The standard InChI is InChI=1S/C10H14N2O/c1-6-4-5-8(10(11)13)9(12-3)7(6)2/h4-5,12H,1-3H3,(H2,11,13). The molecule has 0 saturated carbocycles. The number of benzene rings is 1. The normalized spacial score (nSPS) is 9.77. The molecule has 0 heterocycles. The monoisotopic (exact) mass is 178 g/mol. The van der Waals surface area contributed by atoms with Gasteiger partial charge in [0.15, 0.2) is 0 Å². The summed E-state index contributed by atoms with van der Waals surface area (Å²) in [5, 5.41) is 2.99. The molecule has 0 spiro atoms. The smallest absolute Gasteiger partial charge is 0.250 e. The minimum Gasteiger partial charge on any atom is -0.387 e. The lowest BCUT2D eigenvalue weighted by Gasteiger charge is -2.11. The van der Waals surface area contributed by atoms with Crippen molar-refractivity contribution in [3.63, 3.8) is 0 Å². The van der Waals surface area contributed by atoms with Gasteiger partial charge < -0.3 is 11.1 Å². The average molecular weight is 178 g/mol. The fourth-order valence-electron chi connectivity index (χ4n) is 1.34. The Morgan fingerprint density at radius 1 is 1.38 bits per heavy atom. The fourth-order valence-corrected chi connectivity index (χ4v) is 1.34. The molecule has 0 aromatic heterocycles. The number of nitrogens with one attached hydrogen (secondary N) is 1. The van der Waals surface area contributed by atoms with Crippen LogP contribution in [0, 0.1) is 13.8 Å². The van der Waals surface area contributed by atoms with Crippen LogP contribution in [0.2, 0.25) is 0 Å². The van der Waals surface area contributed by atoms with Gasteiger partial charge in [0.05, 0.1) is 5.56 Å². The van der Waals surface area contributed by atoms with Gasteiger partial charge in [-0.3, -0.25) is 4.79 Å². The molecule has 0 aliphatic rings. The predicted octanol–water partition coefficient (Wildman–Crippen LogP) is 1.44. The van der Waals surface area contributed by atoms with Gasteiger partial charge in [-0.05, 0) is 31.0 Å². The first-order chi connectivity index (χ1) is 6.07. The molecule has 1 aromatic rings. The molecular weight excluding hydrogens is 164 g/mol. The van der Waals surface area contributed by atoms with Crippen LogP contribution in [0.25, 0.3) is 0 Å². The van der Waals surface area contributed by atoms with E-state index in [0.29, 0.717) is 5.56 Å². The molecule has 3 nitrogen and oxygen atoms in total. The lowest BCUT2D eigenvalue weighted by molar-refractivity contribution is 0.100. The molecule has 1 amide bonds. The van der Waals surface area contributed by atoms with Gasteiger partial charge in [0.2, 0.25) is 0 Å². The van der Waals surface area contributed by atoms with Gasteiger partial charge in [0.1, 0.15) is 0 Å². The van der Waals surface area contributed by atoms with Gasteiger partial charge in [-0.1, -0.05) is 6.07 Å². The summed E-state index contributed by atoms with van der Waals surface area (Å²) in [5.41, 5.74) is 8.82. The van der Waals surface area contributed by atoms with Crippen LogP contribution in [0.4, 0.5) is 5.69 Å². The molecule has 0 fully saturated rings. The van der Waals surface area contributed by atoms with E-state index < -0.39 is 5.91 Å². The first-order valence-corrected chi connectivity index (χ1v) is 4.15. The molecule has 3 heteroatoms. The Bertz CT molecular complexity index is 345. The van der Waals surface area contributed by atoms with Gasteiger partial charge >= 0.3 is 0 Å². The summed E-state index contributed by atoms with van der Waals surface area (Å²) >= 11 is 0. The number of amides is 1. The number of rotatable bonds is 2. The Balaban J connectivity index is 3.38. The molecule has 0 bridgehead atoms. The summed E-state index contributed by atoms with van der Waals surface area (Å²) in [6.45, 7) is 3.97. The van der Waals surface area contributed by atoms with E-state index in [9.17, 15) is 4.79 Å². The maximum absolute atomic E-state index is 11.0. The SMILES string of the molecule is CNc1c(C(N)=O)ccc(C)c1C. The Hall–Kier alpha value is -1.51. The molecule has 0 aliphatic carbocycles. The van der Waals surface area contributed by atoms with E-state index in [4.69, 9.17) is 5.73 Å². The Morgan fingerprint density at radius 3 is 2.46 bits per heavy atom. The second-order valence-corrected chi connectivity index (χ2v) is 3.04. The number of hydrogen-bond donors (Lipinski definition) is 2. The number of carbonyl (C=O) groups is 1. The van der Waals surface area contributed by atoms with Gasteiger partial charge in [-0.15, -0.1) is 0 Å². The maximum Gasteiger partial charge on any atom is 0.250 e. The van der Waals surface area contributed by atoms with Crippen molar-refractivity contribution in [1.82, 2.24) is 0 Å². The van der Waals surface area contributed by atoms with Gasteiger partial charge in [-0.2, -0.15) is 0 Å².